The lowest BCUT2D eigenvalue weighted by molar-refractivity contribution is -0.137. The van der Waals surface area contributed by atoms with Gasteiger partial charge < -0.3 is 14.4 Å². The molecule has 4 rings (SSSR count). The van der Waals surface area contributed by atoms with Gasteiger partial charge in [-0.1, -0.05) is 48.5 Å². The monoisotopic (exact) mass is 377 g/mol. The molecule has 0 aromatic heterocycles. The topological polar surface area (TPSA) is 55.8 Å². The summed E-state index contributed by atoms with van der Waals surface area (Å²) >= 11 is 0. The van der Waals surface area contributed by atoms with Crippen LogP contribution in [-0.2, 0) is 20.9 Å². The zero-order chi connectivity index (χ0) is 19.5. The second-order valence-electron chi connectivity index (χ2n) is 7.23. The number of benzene rings is 2. The highest BCUT2D eigenvalue weighted by Gasteiger charge is 2.47. The third-order valence-electron chi connectivity index (χ3n) is 5.35. The van der Waals surface area contributed by atoms with E-state index >= 15 is 0 Å². The quantitative estimate of drug-likeness (QED) is 0.567. The predicted molar refractivity (Wildman–Crippen MR) is 104 cm³/mol. The summed E-state index contributed by atoms with van der Waals surface area (Å²) in [7, 11) is 0. The number of amides is 1. The fourth-order valence-corrected chi connectivity index (χ4v) is 3.92. The van der Waals surface area contributed by atoms with E-state index in [9.17, 15) is 9.59 Å². The number of rotatable bonds is 6. The molecule has 2 fully saturated rings. The van der Waals surface area contributed by atoms with Gasteiger partial charge in [0.25, 0.3) is 0 Å². The van der Waals surface area contributed by atoms with Crippen LogP contribution in [0.25, 0.3) is 0 Å². The van der Waals surface area contributed by atoms with Crippen LogP contribution >= 0.6 is 0 Å². The van der Waals surface area contributed by atoms with Crippen molar-refractivity contribution in [1.29, 1.82) is 0 Å². The number of esters is 1. The van der Waals surface area contributed by atoms with Crippen molar-refractivity contribution < 1.29 is 19.1 Å². The molecule has 0 bridgehead atoms. The number of allylic oxidation sites excluding steroid dienone is 1. The maximum Gasteiger partial charge on any atom is 0.338 e. The summed E-state index contributed by atoms with van der Waals surface area (Å²) in [5, 5.41) is 0. The normalized spacial score (nSPS) is 23.5. The minimum Gasteiger partial charge on any atom is -0.457 e. The molecule has 144 valence electrons. The van der Waals surface area contributed by atoms with E-state index < -0.39 is 0 Å². The molecule has 0 unspecified atom stereocenters. The first kappa shape index (κ1) is 18.4. The van der Waals surface area contributed by atoms with E-state index in [0.29, 0.717) is 18.6 Å². The van der Waals surface area contributed by atoms with Crippen molar-refractivity contribution in [3.05, 3.63) is 83.9 Å². The van der Waals surface area contributed by atoms with Crippen molar-refractivity contribution in [1.82, 2.24) is 4.90 Å². The molecule has 2 aliphatic heterocycles. The van der Waals surface area contributed by atoms with Crippen LogP contribution in [0.4, 0.5) is 0 Å². The Labute approximate surface area is 164 Å². The summed E-state index contributed by atoms with van der Waals surface area (Å²) in [5.74, 6) is -0.246. The van der Waals surface area contributed by atoms with Crippen molar-refractivity contribution in [2.45, 2.75) is 31.7 Å². The Morgan fingerprint density at radius 1 is 1.18 bits per heavy atom. The van der Waals surface area contributed by atoms with Gasteiger partial charge in [0.2, 0.25) is 5.91 Å². The van der Waals surface area contributed by atoms with Gasteiger partial charge in [0.15, 0.2) is 6.23 Å². The smallest absolute Gasteiger partial charge is 0.338 e. The lowest BCUT2D eigenvalue weighted by atomic mass is 10.0. The summed E-state index contributed by atoms with van der Waals surface area (Å²) in [4.78, 5) is 26.8. The molecule has 2 aliphatic rings. The van der Waals surface area contributed by atoms with Crippen LogP contribution < -0.4 is 0 Å². The Bertz CT molecular complexity index is 862. The van der Waals surface area contributed by atoms with Crippen LogP contribution in [0, 0.1) is 5.92 Å². The molecule has 0 spiro atoms. The number of fused-ring (bicyclic) bond motifs is 1. The van der Waals surface area contributed by atoms with Crippen LogP contribution in [-0.4, -0.2) is 29.4 Å². The van der Waals surface area contributed by atoms with Crippen molar-refractivity contribution in [3.8, 4) is 0 Å². The maximum absolute atomic E-state index is 12.7. The second-order valence-corrected chi connectivity index (χ2v) is 7.23. The first-order chi connectivity index (χ1) is 13.7. The third-order valence-corrected chi connectivity index (χ3v) is 5.35. The second kappa shape index (κ2) is 7.98. The van der Waals surface area contributed by atoms with Gasteiger partial charge in [0.05, 0.1) is 18.2 Å². The Balaban J connectivity index is 1.41. The molecule has 2 aromatic carbocycles. The maximum atomic E-state index is 12.7. The molecule has 1 amide bonds. The molecule has 28 heavy (non-hydrogen) atoms. The third kappa shape index (κ3) is 3.58. The van der Waals surface area contributed by atoms with E-state index in [-0.39, 0.29) is 36.7 Å². The Morgan fingerprint density at radius 2 is 1.93 bits per heavy atom. The highest BCUT2D eigenvalue weighted by atomic mass is 16.5. The van der Waals surface area contributed by atoms with Crippen molar-refractivity contribution in [3.63, 3.8) is 0 Å². The van der Waals surface area contributed by atoms with Crippen molar-refractivity contribution in [2.75, 3.05) is 6.61 Å². The molecule has 2 heterocycles. The predicted octanol–water partition coefficient (Wildman–Crippen LogP) is 3.87. The van der Waals surface area contributed by atoms with E-state index in [1.54, 1.807) is 18.2 Å². The van der Waals surface area contributed by atoms with Gasteiger partial charge in [-0.2, -0.15) is 0 Å². The van der Waals surface area contributed by atoms with Crippen LogP contribution in [0.3, 0.4) is 0 Å². The molecule has 5 nitrogen and oxygen atoms in total. The molecule has 2 aromatic rings. The number of carbonyl (C=O) groups excluding carboxylic acids is 2. The number of hydrogen-bond donors (Lipinski definition) is 0. The molecule has 5 heteroatoms. The number of hydrogen-bond acceptors (Lipinski definition) is 4. The lowest BCUT2D eigenvalue weighted by Gasteiger charge is -2.23. The highest BCUT2D eigenvalue weighted by Crippen LogP contribution is 2.40. The van der Waals surface area contributed by atoms with Gasteiger partial charge in [-0.05, 0) is 30.5 Å². The summed E-state index contributed by atoms with van der Waals surface area (Å²) < 4.78 is 11.2. The van der Waals surface area contributed by atoms with Gasteiger partial charge in [-0.3, -0.25) is 4.79 Å². The Hall–Kier alpha value is -2.92. The van der Waals surface area contributed by atoms with E-state index in [4.69, 9.17) is 9.47 Å². The lowest BCUT2D eigenvalue weighted by Crippen LogP contribution is -2.32. The van der Waals surface area contributed by atoms with E-state index in [1.807, 2.05) is 47.4 Å². The highest BCUT2D eigenvalue weighted by molar-refractivity contribution is 5.89. The number of carbonyl (C=O) groups is 2. The summed E-state index contributed by atoms with van der Waals surface area (Å²) in [6.45, 7) is 4.53. The Kier molecular flexibility index (Phi) is 5.26. The fourth-order valence-electron chi connectivity index (χ4n) is 3.92. The van der Waals surface area contributed by atoms with Gasteiger partial charge in [-0.25, -0.2) is 4.79 Å². The molecule has 2 saturated heterocycles. The fraction of sp³-hybridized carbons (Fsp3) is 0.304. The van der Waals surface area contributed by atoms with Crippen LogP contribution in [0.5, 0.6) is 0 Å². The van der Waals surface area contributed by atoms with E-state index in [1.165, 1.54) is 0 Å². The molecule has 0 saturated carbocycles. The first-order valence-electron chi connectivity index (χ1n) is 9.53. The summed E-state index contributed by atoms with van der Waals surface area (Å²) in [6, 6.07) is 16.8. The van der Waals surface area contributed by atoms with Gasteiger partial charge in [-0.15, -0.1) is 6.58 Å². The number of nitrogens with zero attached hydrogens (tertiary/aromatic N) is 1. The standard InChI is InChI=1S/C23H23NO4/c1-2-6-19-13-20-15-27-22(24(20)21(19)25)17-9-11-18(12-10-17)23(26)28-14-16-7-4-3-5-8-16/h2-5,7-12,19-20,22H,1,6,13-15H2/t19-,20+,22-/m1/s1. The largest absolute Gasteiger partial charge is 0.457 e. The summed E-state index contributed by atoms with van der Waals surface area (Å²) in [6.07, 6.45) is 2.92. The molecule has 0 N–H and O–H groups in total. The SMILES string of the molecule is C=CC[C@@H]1C[C@H]2CO[C@H](c3ccc(C(=O)OCc4ccccc4)cc3)N2C1=O. The number of ether oxygens (including phenoxy) is 2. The summed E-state index contributed by atoms with van der Waals surface area (Å²) in [5.41, 5.74) is 2.29. The van der Waals surface area contributed by atoms with Crippen LogP contribution in [0.1, 0.15) is 40.6 Å². The molecular weight excluding hydrogens is 354 g/mol. The molecular formula is C23H23NO4. The molecule has 0 radical (unpaired) electrons. The minimum atomic E-state index is -0.387. The van der Waals surface area contributed by atoms with Crippen molar-refractivity contribution in [2.24, 2.45) is 5.92 Å². The molecule has 0 aliphatic carbocycles. The molecule has 3 atom stereocenters. The average Bonchev–Trinajstić information content (AvgIpc) is 3.28. The van der Waals surface area contributed by atoms with Crippen molar-refractivity contribution >= 4 is 11.9 Å². The van der Waals surface area contributed by atoms with Gasteiger partial charge >= 0.3 is 5.97 Å². The van der Waals surface area contributed by atoms with Crippen LogP contribution in [0.15, 0.2) is 67.3 Å². The van der Waals surface area contributed by atoms with E-state index in [2.05, 4.69) is 6.58 Å². The van der Waals surface area contributed by atoms with Gasteiger partial charge in [0.1, 0.15) is 6.61 Å². The van der Waals surface area contributed by atoms with Crippen LogP contribution in [0.2, 0.25) is 0 Å². The Morgan fingerprint density at radius 3 is 2.64 bits per heavy atom. The zero-order valence-electron chi connectivity index (χ0n) is 15.6. The zero-order valence-corrected chi connectivity index (χ0v) is 15.6. The first-order valence-corrected chi connectivity index (χ1v) is 9.53. The van der Waals surface area contributed by atoms with E-state index in [0.717, 1.165) is 17.5 Å². The minimum absolute atomic E-state index is 0.00105. The average molecular weight is 377 g/mol. The van der Waals surface area contributed by atoms with Gasteiger partial charge in [0, 0.05) is 11.5 Å².